The van der Waals surface area contributed by atoms with E-state index in [0.29, 0.717) is 23.1 Å². The Balaban J connectivity index is 2.09. The molecule has 0 unspecified atom stereocenters. The van der Waals surface area contributed by atoms with E-state index in [1.165, 1.54) is 24.3 Å². The van der Waals surface area contributed by atoms with Crippen molar-refractivity contribution in [1.29, 1.82) is 0 Å². The van der Waals surface area contributed by atoms with Crippen LogP contribution in [0.1, 0.15) is 21.5 Å². The average Bonchev–Trinajstić information content (AvgIpc) is 2.41. The molecule has 5 heteroatoms. The maximum Gasteiger partial charge on any atom is 0.197 e. The smallest absolute Gasteiger partial charge is 0.197 e. The van der Waals surface area contributed by atoms with Crippen LogP contribution in [-0.4, -0.2) is 26.2 Å². The van der Waals surface area contributed by atoms with E-state index >= 15 is 0 Å². The van der Waals surface area contributed by atoms with Crippen molar-refractivity contribution in [3.05, 3.63) is 53.1 Å². The van der Waals surface area contributed by atoms with Gasteiger partial charge in [-0.2, -0.15) is 0 Å². The Morgan fingerprint density at radius 3 is 2.33 bits per heavy atom. The predicted octanol–water partition coefficient (Wildman–Crippen LogP) is 2.33. The number of phenolic OH excluding ortho intramolecular Hbond substituents is 4. The molecule has 0 aromatic heterocycles. The van der Waals surface area contributed by atoms with Crippen LogP contribution in [0.5, 0.6) is 23.0 Å². The Bertz CT molecular complexity index is 789. The molecule has 21 heavy (non-hydrogen) atoms. The van der Waals surface area contributed by atoms with E-state index in [-0.39, 0.29) is 34.3 Å². The van der Waals surface area contributed by atoms with Gasteiger partial charge in [0.2, 0.25) is 0 Å². The summed E-state index contributed by atoms with van der Waals surface area (Å²) in [5.74, 6) is -1.35. The molecule has 0 aliphatic heterocycles. The van der Waals surface area contributed by atoms with Gasteiger partial charge in [0.15, 0.2) is 17.3 Å². The van der Waals surface area contributed by atoms with E-state index < -0.39 is 0 Å². The summed E-state index contributed by atoms with van der Waals surface area (Å²) in [5.41, 5.74) is 1.48. The van der Waals surface area contributed by atoms with Crippen LogP contribution in [0.15, 0.2) is 36.4 Å². The van der Waals surface area contributed by atoms with Gasteiger partial charge in [0.25, 0.3) is 0 Å². The van der Waals surface area contributed by atoms with E-state index in [0.717, 1.165) is 6.07 Å². The highest BCUT2D eigenvalue weighted by Gasteiger charge is 2.25. The SMILES string of the molecule is O=C1C(c2ccc(O)c(O)c2)=CCc2cc(O)cc(O)c21. The number of hydrogen-bond donors (Lipinski definition) is 4. The molecular weight excluding hydrogens is 272 g/mol. The lowest BCUT2D eigenvalue weighted by molar-refractivity contribution is 0.105. The number of hydrogen-bond acceptors (Lipinski definition) is 5. The molecule has 0 spiro atoms. The third kappa shape index (κ3) is 2.08. The number of phenols is 4. The Kier molecular flexibility index (Phi) is 2.83. The second kappa shape index (κ2) is 4.56. The molecular formula is C16H12O5. The highest BCUT2D eigenvalue weighted by atomic mass is 16.3. The maximum atomic E-state index is 12.5. The minimum Gasteiger partial charge on any atom is -0.508 e. The van der Waals surface area contributed by atoms with E-state index in [2.05, 4.69) is 0 Å². The minimum atomic E-state index is -0.390. The van der Waals surface area contributed by atoms with Crippen LogP contribution in [0.3, 0.4) is 0 Å². The Hall–Kier alpha value is -2.95. The molecule has 0 radical (unpaired) electrons. The molecule has 1 aliphatic carbocycles. The standard InChI is InChI=1S/C16H12O5/c17-10-5-9-1-3-11(16(21)15(9)14(20)7-10)8-2-4-12(18)13(19)6-8/h2-7,17-20H,1H2. The lowest BCUT2D eigenvalue weighted by atomic mass is 9.86. The number of carbonyl (C=O) groups excluding carboxylic acids is 1. The monoisotopic (exact) mass is 284 g/mol. The van der Waals surface area contributed by atoms with Crippen LogP contribution in [0.25, 0.3) is 5.57 Å². The molecule has 3 rings (SSSR count). The second-order valence-electron chi connectivity index (χ2n) is 4.85. The van der Waals surface area contributed by atoms with Gasteiger partial charge < -0.3 is 20.4 Å². The van der Waals surface area contributed by atoms with Gasteiger partial charge in [-0.15, -0.1) is 0 Å². The Morgan fingerprint density at radius 1 is 0.857 bits per heavy atom. The molecule has 0 saturated heterocycles. The molecule has 0 saturated carbocycles. The molecule has 4 N–H and O–H groups in total. The van der Waals surface area contributed by atoms with E-state index in [1.807, 2.05) is 0 Å². The summed E-state index contributed by atoms with van der Waals surface area (Å²) in [7, 11) is 0. The van der Waals surface area contributed by atoms with Gasteiger partial charge >= 0.3 is 0 Å². The van der Waals surface area contributed by atoms with Gasteiger partial charge in [0.05, 0.1) is 5.56 Å². The largest absolute Gasteiger partial charge is 0.508 e. The lowest BCUT2D eigenvalue weighted by Crippen LogP contribution is -2.11. The molecule has 5 nitrogen and oxygen atoms in total. The van der Waals surface area contributed by atoms with Crippen LogP contribution in [0.2, 0.25) is 0 Å². The Labute approximate surface area is 120 Å². The van der Waals surface area contributed by atoms with E-state index in [1.54, 1.807) is 6.08 Å². The number of benzene rings is 2. The summed E-state index contributed by atoms with van der Waals surface area (Å²) in [6.45, 7) is 0. The fourth-order valence-corrected chi connectivity index (χ4v) is 2.47. The second-order valence-corrected chi connectivity index (χ2v) is 4.85. The summed E-state index contributed by atoms with van der Waals surface area (Å²) < 4.78 is 0. The number of ketones is 1. The number of fused-ring (bicyclic) bond motifs is 1. The van der Waals surface area contributed by atoms with Crippen LogP contribution in [0, 0.1) is 0 Å². The van der Waals surface area contributed by atoms with Gasteiger partial charge in [-0.05, 0) is 35.7 Å². The molecule has 106 valence electrons. The van der Waals surface area contributed by atoms with Crippen LogP contribution in [0.4, 0.5) is 0 Å². The van der Waals surface area contributed by atoms with Crippen molar-refractivity contribution in [2.24, 2.45) is 0 Å². The number of carbonyl (C=O) groups is 1. The predicted molar refractivity (Wildman–Crippen MR) is 75.6 cm³/mol. The first kappa shape index (κ1) is 13.1. The normalized spacial score (nSPS) is 13.7. The number of aromatic hydroxyl groups is 4. The van der Waals surface area contributed by atoms with Crippen molar-refractivity contribution in [3.8, 4) is 23.0 Å². The Morgan fingerprint density at radius 2 is 1.62 bits per heavy atom. The minimum absolute atomic E-state index is 0.0989. The van der Waals surface area contributed by atoms with Gasteiger partial charge in [-0.1, -0.05) is 12.1 Å². The van der Waals surface area contributed by atoms with Gasteiger partial charge in [0, 0.05) is 11.6 Å². The zero-order valence-corrected chi connectivity index (χ0v) is 10.9. The van der Waals surface area contributed by atoms with Gasteiger partial charge in [0.1, 0.15) is 11.5 Å². The number of Topliss-reactive ketones (excluding diaryl/α,β-unsaturated/α-hetero) is 1. The first-order valence-corrected chi connectivity index (χ1v) is 6.29. The lowest BCUT2D eigenvalue weighted by Gasteiger charge is -2.18. The van der Waals surface area contributed by atoms with E-state index in [9.17, 15) is 25.2 Å². The summed E-state index contributed by atoms with van der Waals surface area (Å²) in [4.78, 5) is 12.5. The fourth-order valence-electron chi connectivity index (χ4n) is 2.47. The van der Waals surface area contributed by atoms with Crippen molar-refractivity contribution in [1.82, 2.24) is 0 Å². The van der Waals surface area contributed by atoms with Gasteiger partial charge in [-0.25, -0.2) is 0 Å². The van der Waals surface area contributed by atoms with Crippen LogP contribution < -0.4 is 0 Å². The van der Waals surface area contributed by atoms with Crippen LogP contribution in [-0.2, 0) is 6.42 Å². The summed E-state index contributed by atoms with van der Waals surface area (Å²) in [6.07, 6.45) is 2.04. The zero-order valence-electron chi connectivity index (χ0n) is 10.9. The van der Waals surface area contributed by atoms with Crippen molar-refractivity contribution >= 4 is 11.4 Å². The van der Waals surface area contributed by atoms with Crippen molar-refractivity contribution in [2.45, 2.75) is 6.42 Å². The van der Waals surface area contributed by atoms with Crippen LogP contribution >= 0.6 is 0 Å². The molecule has 0 fully saturated rings. The highest BCUT2D eigenvalue weighted by molar-refractivity contribution is 6.31. The maximum absolute atomic E-state index is 12.5. The highest BCUT2D eigenvalue weighted by Crippen LogP contribution is 2.37. The zero-order chi connectivity index (χ0) is 15.1. The van der Waals surface area contributed by atoms with Crippen molar-refractivity contribution in [2.75, 3.05) is 0 Å². The quantitative estimate of drug-likeness (QED) is 0.602. The van der Waals surface area contributed by atoms with Crippen molar-refractivity contribution in [3.63, 3.8) is 0 Å². The van der Waals surface area contributed by atoms with Crippen molar-refractivity contribution < 1.29 is 25.2 Å². The third-order valence-corrected chi connectivity index (χ3v) is 3.47. The fraction of sp³-hybridized carbons (Fsp3) is 0.0625. The third-order valence-electron chi connectivity index (χ3n) is 3.47. The summed E-state index contributed by atoms with van der Waals surface area (Å²) in [6, 6.07) is 6.66. The topological polar surface area (TPSA) is 98.0 Å². The summed E-state index contributed by atoms with van der Waals surface area (Å²) in [5, 5.41) is 38.2. The first-order chi connectivity index (χ1) is 9.97. The molecule has 0 amide bonds. The first-order valence-electron chi connectivity index (χ1n) is 6.29. The molecule has 2 aromatic carbocycles. The number of rotatable bonds is 1. The molecule has 1 aliphatic rings. The van der Waals surface area contributed by atoms with E-state index in [4.69, 9.17) is 0 Å². The number of allylic oxidation sites excluding steroid dienone is 2. The molecule has 0 bridgehead atoms. The molecule has 0 atom stereocenters. The molecule has 0 heterocycles. The summed E-state index contributed by atoms with van der Waals surface area (Å²) >= 11 is 0. The molecule has 2 aromatic rings. The average molecular weight is 284 g/mol. The van der Waals surface area contributed by atoms with Gasteiger partial charge in [-0.3, -0.25) is 4.79 Å².